The van der Waals surface area contributed by atoms with Crippen molar-refractivity contribution in [2.24, 2.45) is 0 Å². The Bertz CT molecular complexity index is 542. The Hall–Kier alpha value is -1.97. The highest BCUT2D eigenvalue weighted by atomic mass is 19.1. The molecule has 1 atom stereocenters. The van der Waals surface area contributed by atoms with E-state index in [0.29, 0.717) is 37.4 Å². The Morgan fingerprint density at radius 2 is 2.45 bits per heavy atom. The fourth-order valence-corrected chi connectivity index (χ4v) is 2.13. The number of carbonyl (C=O) groups excluding carboxylic acids is 1. The molecule has 5 nitrogen and oxygen atoms in total. The minimum absolute atomic E-state index is 0.332. The fraction of sp³-hybridized carbons (Fsp3) is 0.429. The molecule has 0 spiro atoms. The molecule has 0 saturated carbocycles. The summed E-state index contributed by atoms with van der Waals surface area (Å²) in [6.45, 7) is 1.67. The Morgan fingerprint density at radius 3 is 3.15 bits per heavy atom. The van der Waals surface area contributed by atoms with Crippen molar-refractivity contribution in [1.82, 2.24) is 4.90 Å². The number of hydrogen-bond acceptors (Lipinski definition) is 5. The highest BCUT2D eigenvalue weighted by molar-refractivity contribution is 5.74. The van der Waals surface area contributed by atoms with E-state index in [4.69, 9.17) is 10.00 Å². The van der Waals surface area contributed by atoms with Gasteiger partial charge in [-0.1, -0.05) is 0 Å². The fourth-order valence-electron chi connectivity index (χ4n) is 2.13. The predicted octanol–water partition coefficient (Wildman–Crippen LogP) is 1.07. The highest BCUT2D eigenvalue weighted by Gasteiger charge is 2.27. The average Bonchev–Trinajstić information content (AvgIpc) is 2.49. The SMILES string of the molecule is COC(=O)C1CN(Cc2cc(C#N)ccc2F)CCO1. The minimum atomic E-state index is -0.643. The summed E-state index contributed by atoms with van der Waals surface area (Å²) in [6.07, 6.45) is -0.643. The second-order valence-electron chi connectivity index (χ2n) is 4.54. The topological polar surface area (TPSA) is 62.6 Å². The standard InChI is InChI=1S/C14H15FN2O3/c1-19-14(18)13-9-17(4-5-20-13)8-11-6-10(7-16)2-3-12(11)15/h2-3,6,13H,4-5,8-9H2,1H3. The number of ether oxygens (including phenoxy) is 2. The lowest BCUT2D eigenvalue weighted by molar-refractivity contribution is -0.160. The predicted molar refractivity (Wildman–Crippen MR) is 68.1 cm³/mol. The first kappa shape index (κ1) is 14.4. The summed E-state index contributed by atoms with van der Waals surface area (Å²) >= 11 is 0. The van der Waals surface area contributed by atoms with E-state index in [2.05, 4.69) is 4.74 Å². The first-order chi connectivity index (χ1) is 9.63. The van der Waals surface area contributed by atoms with Crippen LogP contribution in [-0.2, 0) is 20.8 Å². The molecule has 20 heavy (non-hydrogen) atoms. The Morgan fingerprint density at radius 1 is 1.65 bits per heavy atom. The summed E-state index contributed by atoms with van der Waals surface area (Å²) < 4.78 is 23.7. The zero-order chi connectivity index (χ0) is 14.5. The molecule has 0 aromatic heterocycles. The Kier molecular flexibility index (Phi) is 4.66. The Labute approximate surface area is 116 Å². The van der Waals surface area contributed by atoms with Crippen LogP contribution in [0.3, 0.4) is 0 Å². The summed E-state index contributed by atoms with van der Waals surface area (Å²) in [5.41, 5.74) is 0.855. The van der Waals surface area contributed by atoms with Gasteiger partial charge in [-0.15, -0.1) is 0 Å². The number of halogens is 1. The van der Waals surface area contributed by atoms with Gasteiger partial charge < -0.3 is 9.47 Å². The van der Waals surface area contributed by atoms with Gasteiger partial charge in [0.05, 0.1) is 25.3 Å². The molecular weight excluding hydrogens is 263 g/mol. The van der Waals surface area contributed by atoms with Crippen LogP contribution in [0, 0.1) is 17.1 Å². The van der Waals surface area contributed by atoms with Gasteiger partial charge in [0.25, 0.3) is 0 Å². The van der Waals surface area contributed by atoms with Crippen molar-refractivity contribution in [2.75, 3.05) is 26.8 Å². The monoisotopic (exact) mass is 278 g/mol. The van der Waals surface area contributed by atoms with Crippen molar-refractivity contribution in [3.63, 3.8) is 0 Å². The van der Waals surface area contributed by atoms with Gasteiger partial charge in [-0.05, 0) is 18.2 Å². The van der Waals surface area contributed by atoms with E-state index in [1.54, 1.807) is 0 Å². The van der Waals surface area contributed by atoms with Crippen LogP contribution < -0.4 is 0 Å². The van der Waals surface area contributed by atoms with Crippen molar-refractivity contribution in [2.45, 2.75) is 12.6 Å². The molecule has 0 bridgehead atoms. The molecule has 0 N–H and O–H groups in total. The van der Waals surface area contributed by atoms with Crippen LogP contribution in [0.5, 0.6) is 0 Å². The van der Waals surface area contributed by atoms with E-state index in [1.807, 2.05) is 11.0 Å². The van der Waals surface area contributed by atoms with Crippen LogP contribution in [-0.4, -0.2) is 43.8 Å². The maximum absolute atomic E-state index is 13.7. The molecule has 1 aliphatic heterocycles. The summed E-state index contributed by atoms with van der Waals surface area (Å²) in [5, 5.41) is 8.84. The maximum Gasteiger partial charge on any atom is 0.336 e. The molecule has 1 aromatic rings. The minimum Gasteiger partial charge on any atom is -0.467 e. The maximum atomic E-state index is 13.7. The van der Waals surface area contributed by atoms with Crippen LogP contribution in [0.1, 0.15) is 11.1 Å². The molecule has 0 amide bonds. The summed E-state index contributed by atoms with van der Waals surface area (Å²) in [6, 6.07) is 6.23. The number of hydrogen-bond donors (Lipinski definition) is 0. The molecule has 1 unspecified atom stereocenters. The third kappa shape index (κ3) is 3.32. The van der Waals surface area contributed by atoms with Gasteiger partial charge in [-0.3, -0.25) is 4.90 Å². The van der Waals surface area contributed by atoms with Gasteiger partial charge in [-0.25, -0.2) is 9.18 Å². The van der Waals surface area contributed by atoms with Gasteiger partial charge >= 0.3 is 5.97 Å². The number of esters is 1. The highest BCUT2D eigenvalue weighted by Crippen LogP contribution is 2.15. The molecule has 1 saturated heterocycles. The number of nitriles is 1. The lowest BCUT2D eigenvalue weighted by Gasteiger charge is -2.31. The number of methoxy groups -OCH3 is 1. The van der Waals surface area contributed by atoms with E-state index in [0.717, 1.165) is 0 Å². The zero-order valence-electron chi connectivity index (χ0n) is 11.1. The second kappa shape index (κ2) is 6.46. The Balaban J connectivity index is 2.06. The first-order valence-corrected chi connectivity index (χ1v) is 6.24. The van der Waals surface area contributed by atoms with E-state index < -0.39 is 12.1 Å². The lowest BCUT2D eigenvalue weighted by atomic mass is 10.1. The van der Waals surface area contributed by atoms with E-state index in [-0.39, 0.29) is 5.82 Å². The van der Waals surface area contributed by atoms with Crippen LogP contribution in [0.2, 0.25) is 0 Å². The lowest BCUT2D eigenvalue weighted by Crippen LogP contribution is -2.46. The zero-order valence-corrected chi connectivity index (χ0v) is 11.1. The third-order valence-corrected chi connectivity index (χ3v) is 3.18. The van der Waals surface area contributed by atoms with E-state index >= 15 is 0 Å². The third-order valence-electron chi connectivity index (χ3n) is 3.18. The van der Waals surface area contributed by atoms with Crippen molar-refractivity contribution in [1.29, 1.82) is 5.26 Å². The number of rotatable bonds is 3. The molecule has 1 heterocycles. The van der Waals surface area contributed by atoms with E-state index in [1.165, 1.54) is 25.3 Å². The van der Waals surface area contributed by atoms with Crippen LogP contribution in [0.15, 0.2) is 18.2 Å². The van der Waals surface area contributed by atoms with Crippen LogP contribution in [0.4, 0.5) is 4.39 Å². The number of morpholine rings is 1. The molecule has 6 heteroatoms. The summed E-state index contributed by atoms with van der Waals surface area (Å²) in [5.74, 6) is -0.786. The molecule has 1 aromatic carbocycles. The molecule has 0 aliphatic carbocycles. The first-order valence-electron chi connectivity index (χ1n) is 6.24. The average molecular weight is 278 g/mol. The molecule has 2 rings (SSSR count). The second-order valence-corrected chi connectivity index (χ2v) is 4.54. The molecular formula is C14H15FN2O3. The largest absolute Gasteiger partial charge is 0.467 e. The quantitative estimate of drug-likeness (QED) is 0.774. The van der Waals surface area contributed by atoms with Crippen LogP contribution >= 0.6 is 0 Å². The van der Waals surface area contributed by atoms with Gasteiger partial charge in [0.1, 0.15) is 5.82 Å². The summed E-state index contributed by atoms with van der Waals surface area (Å²) in [4.78, 5) is 13.3. The number of benzene rings is 1. The van der Waals surface area contributed by atoms with Crippen molar-refractivity contribution >= 4 is 5.97 Å². The summed E-state index contributed by atoms with van der Waals surface area (Å²) in [7, 11) is 1.31. The molecule has 1 fully saturated rings. The van der Waals surface area contributed by atoms with Crippen molar-refractivity contribution < 1.29 is 18.7 Å². The normalized spacial score (nSPS) is 19.4. The van der Waals surface area contributed by atoms with E-state index in [9.17, 15) is 9.18 Å². The number of nitrogens with zero attached hydrogens (tertiary/aromatic N) is 2. The van der Waals surface area contributed by atoms with Crippen molar-refractivity contribution in [3.05, 3.63) is 35.1 Å². The van der Waals surface area contributed by atoms with Gasteiger partial charge in [-0.2, -0.15) is 5.26 Å². The van der Waals surface area contributed by atoms with Crippen molar-refractivity contribution in [3.8, 4) is 6.07 Å². The van der Waals surface area contributed by atoms with Gasteiger partial charge in [0, 0.05) is 25.2 Å². The molecule has 1 aliphatic rings. The van der Waals surface area contributed by atoms with Crippen LogP contribution in [0.25, 0.3) is 0 Å². The molecule has 0 radical (unpaired) electrons. The molecule has 106 valence electrons. The van der Waals surface area contributed by atoms with Gasteiger partial charge in [0.2, 0.25) is 0 Å². The van der Waals surface area contributed by atoms with Gasteiger partial charge in [0.15, 0.2) is 6.10 Å². The number of carbonyl (C=O) groups is 1. The smallest absolute Gasteiger partial charge is 0.336 e.